The standard InChI is InChI=1S/C8H15O3PS/c1-7(2)6-8(13-5)12(9,10-3)11-4/h1-5H3. The van der Waals surface area contributed by atoms with E-state index in [2.05, 4.69) is 5.73 Å². The molecule has 0 unspecified atom stereocenters. The molecule has 0 aliphatic rings. The smallest absolute Gasteiger partial charge is 0.308 e. The Morgan fingerprint density at radius 2 is 1.77 bits per heavy atom. The van der Waals surface area contributed by atoms with Gasteiger partial charge in [0.15, 0.2) is 0 Å². The summed E-state index contributed by atoms with van der Waals surface area (Å²) in [5.41, 5.74) is 3.90. The van der Waals surface area contributed by atoms with Crippen LogP contribution in [-0.4, -0.2) is 20.5 Å². The summed E-state index contributed by atoms with van der Waals surface area (Å²) in [6.07, 6.45) is 1.82. The molecule has 0 saturated carbocycles. The minimum absolute atomic E-state index is 0.512. The highest BCUT2D eigenvalue weighted by Gasteiger charge is 2.26. The molecule has 0 aliphatic carbocycles. The molecule has 0 bridgehead atoms. The number of rotatable bonds is 4. The van der Waals surface area contributed by atoms with E-state index in [0.29, 0.717) is 4.65 Å². The van der Waals surface area contributed by atoms with E-state index < -0.39 is 7.60 Å². The highest BCUT2D eigenvalue weighted by molar-refractivity contribution is 8.09. The van der Waals surface area contributed by atoms with Gasteiger partial charge in [-0.15, -0.1) is 11.8 Å². The zero-order chi connectivity index (χ0) is 10.5. The van der Waals surface area contributed by atoms with Crippen molar-refractivity contribution in [1.82, 2.24) is 0 Å². The lowest BCUT2D eigenvalue weighted by molar-refractivity contribution is 0.285. The quantitative estimate of drug-likeness (QED) is 0.540. The Hall–Kier alpha value is 0.0200. The van der Waals surface area contributed by atoms with Gasteiger partial charge in [0.2, 0.25) is 0 Å². The van der Waals surface area contributed by atoms with Crippen LogP contribution < -0.4 is 0 Å². The van der Waals surface area contributed by atoms with Crippen LogP contribution in [0.25, 0.3) is 0 Å². The van der Waals surface area contributed by atoms with Crippen molar-refractivity contribution >= 4 is 19.4 Å². The fraction of sp³-hybridized carbons (Fsp3) is 0.625. The molecule has 0 amide bonds. The second-order valence-corrected chi connectivity index (χ2v) is 5.79. The molecule has 0 fully saturated rings. The first kappa shape index (κ1) is 13.0. The van der Waals surface area contributed by atoms with Gasteiger partial charge in [-0.05, 0) is 25.7 Å². The zero-order valence-corrected chi connectivity index (χ0v) is 10.3. The maximum Gasteiger partial charge on any atom is 0.374 e. The van der Waals surface area contributed by atoms with E-state index in [9.17, 15) is 4.57 Å². The minimum atomic E-state index is -3.10. The first-order valence-electron chi connectivity index (χ1n) is 3.70. The Labute approximate surface area is 83.7 Å². The fourth-order valence-corrected chi connectivity index (χ4v) is 3.17. The van der Waals surface area contributed by atoms with Crippen LogP contribution in [0.3, 0.4) is 0 Å². The lowest BCUT2D eigenvalue weighted by Gasteiger charge is -2.13. The maximum atomic E-state index is 11.8. The number of hydrogen-bond donors (Lipinski definition) is 0. The van der Waals surface area contributed by atoms with Gasteiger partial charge in [-0.2, -0.15) is 0 Å². The molecule has 0 heterocycles. The van der Waals surface area contributed by atoms with Gasteiger partial charge in [0.1, 0.15) is 4.65 Å². The first-order chi connectivity index (χ1) is 6.00. The minimum Gasteiger partial charge on any atom is -0.308 e. The monoisotopic (exact) mass is 222 g/mol. The van der Waals surface area contributed by atoms with Gasteiger partial charge in [-0.25, -0.2) is 0 Å². The van der Waals surface area contributed by atoms with E-state index in [0.717, 1.165) is 5.57 Å². The van der Waals surface area contributed by atoms with Gasteiger partial charge in [0, 0.05) is 14.2 Å². The van der Waals surface area contributed by atoms with Gasteiger partial charge in [0.05, 0.1) is 0 Å². The van der Waals surface area contributed by atoms with Crippen molar-refractivity contribution in [2.24, 2.45) is 0 Å². The lowest BCUT2D eigenvalue weighted by Crippen LogP contribution is -1.88. The largest absolute Gasteiger partial charge is 0.374 e. The molecule has 0 rings (SSSR count). The molecule has 0 radical (unpaired) electrons. The predicted molar refractivity (Wildman–Crippen MR) is 57.0 cm³/mol. The van der Waals surface area contributed by atoms with Crippen LogP contribution in [0.15, 0.2) is 16.0 Å². The predicted octanol–water partition coefficient (Wildman–Crippen LogP) is 3.24. The van der Waals surface area contributed by atoms with Crippen LogP contribution in [0.1, 0.15) is 13.8 Å². The lowest BCUT2D eigenvalue weighted by atomic mass is 10.4. The van der Waals surface area contributed by atoms with Crippen LogP contribution in [0.4, 0.5) is 0 Å². The van der Waals surface area contributed by atoms with Crippen LogP contribution >= 0.6 is 19.4 Å². The maximum absolute atomic E-state index is 11.8. The van der Waals surface area contributed by atoms with Crippen LogP contribution in [0.5, 0.6) is 0 Å². The molecule has 0 aliphatic heterocycles. The van der Waals surface area contributed by atoms with Crippen LogP contribution in [-0.2, 0) is 13.6 Å². The fourth-order valence-electron chi connectivity index (χ4n) is 0.686. The summed E-state index contributed by atoms with van der Waals surface area (Å²) in [4.78, 5) is 0. The first-order valence-corrected chi connectivity index (χ1v) is 6.47. The van der Waals surface area contributed by atoms with Crippen molar-refractivity contribution in [2.45, 2.75) is 13.8 Å². The summed E-state index contributed by atoms with van der Waals surface area (Å²) in [5.74, 6) is 0. The van der Waals surface area contributed by atoms with Crippen LogP contribution in [0.2, 0.25) is 0 Å². The molecule has 13 heavy (non-hydrogen) atoms. The summed E-state index contributed by atoms with van der Waals surface area (Å²) in [6.45, 7) is 3.76. The molecule has 0 atom stereocenters. The van der Waals surface area contributed by atoms with E-state index in [1.165, 1.54) is 26.0 Å². The second-order valence-electron chi connectivity index (χ2n) is 2.50. The van der Waals surface area contributed by atoms with Crippen molar-refractivity contribution in [1.29, 1.82) is 0 Å². The van der Waals surface area contributed by atoms with Crippen molar-refractivity contribution in [2.75, 3.05) is 20.5 Å². The van der Waals surface area contributed by atoms with E-state index in [4.69, 9.17) is 9.05 Å². The van der Waals surface area contributed by atoms with E-state index in [-0.39, 0.29) is 0 Å². The highest BCUT2D eigenvalue weighted by atomic mass is 32.2. The van der Waals surface area contributed by atoms with E-state index >= 15 is 0 Å². The molecule has 3 nitrogen and oxygen atoms in total. The summed E-state index contributed by atoms with van der Waals surface area (Å²) in [6, 6.07) is 0. The van der Waals surface area contributed by atoms with Crippen molar-refractivity contribution in [3.05, 3.63) is 16.0 Å². The van der Waals surface area contributed by atoms with E-state index in [1.807, 2.05) is 20.1 Å². The molecular weight excluding hydrogens is 207 g/mol. The Kier molecular flexibility index (Phi) is 5.70. The average Bonchev–Trinajstić information content (AvgIpc) is 2.12. The molecule has 0 aromatic carbocycles. The molecule has 0 spiro atoms. The SMILES string of the molecule is COP(=O)(OC)C(=C=C(C)C)SC. The average molecular weight is 222 g/mol. The molecule has 0 saturated heterocycles. The molecule has 76 valence electrons. The second kappa shape index (κ2) is 5.69. The third-order valence-corrected chi connectivity index (χ3v) is 4.56. The Morgan fingerprint density at radius 1 is 1.31 bits per heavy atom. The highest BCUT2D eigenvalue weighted by Crippen LogP contribution is 2.58. The van der Waals surface area contributed by atoms with E-state index in [1.54, 1.807) is 0 Å². The Morgan fingerprint density at radius 3 is 2.00 bits per heavy atom. The van der Waals surface area contributed by atoms with Gasteiger partial charge in [-0.3, -0.25) is 4.57 Å². The van der Waals surface area contributed by atoms with Crippen LogP contribution in [0, 0.1) is 0 Å². The summed E-state index contributed by atoms with van der Waals surface area (Å²) in [7, 11) is -0.361. The Balaban J connectivity index is 5.22. The topological polar surface area (TPSA) is 35.5 Å². The normalized spacial score (nSPS) is 10.8. The third kappa shape index (κ3) is 3.72. The zero-order valence-electron chi connectivity index (χ0n) is 8.58. The van der Waals surface area contributed by atoms with Gasteiger partial charge >= 0.3 is 7.60 Å². The Bertz CT molecular complexity index is 267. The molecule has 0 N–H and O–H groups in total. The molecular formula is C8H15O3PS. The molecule has 0 aromatic heterocycles. The van der Waals surface area contributed by atoms with Gasteiger partial charge in [-0.1, -0.05) is 5.73 Å². The molecule has 0 aromatic rings. The number of hydrogen-bond acceptors (Lipinski definition) is 4. The number of allylic oxidation sites excluding steroid dienone is 1. The van der Waals surface area contributed by atoms with Crippen molar-refractivity contribution in [3.8, 4) is 0 Å². The summed E-state index contributed by atoms with van der Waals surface area (Å²) >= 11 is 1.33. The third-order valence-electron chi connectivity index (χ3n) is 1.28. The van der Waals surface area contributed by atoms with Gasteiger partial charge < -0.3 is 9.05 Å². The number of thioether (sulfide) groups is 1. The summed E-state index contributed by atoms with van der Waals surface area (Å²) in [5, 5.41) is 0. The van der Waals surface area contributed by atoms with Crippen molar-refractivity contribution < 1.29 is 13.6 Å². The molecule has 5 heteroatoms. The summed E-state index contributed by atoms with van der Waals surface area (Å²) < 4.78 is 22.0. The van der Waals surface area contributed by atoms with Crippen molar-refractivity contribution in [3.63, 3.8) is 0 Å². The van der Waals surface area contributed by atoms with Gasteiger partial charge in [0.25, 0.3) is 0 Å².